The summed E-state index contributed by atoms with van der Waals surface area (Å²) in [5.41, 5.74) is 0.953. The van der Waals surface area contributed by atoms with E-state index in [2.05, 4.69) is 46.4 Å². The maximum atomic E-state index is 5.78. The van der Waals surface area contributed by atoms with Crippen LogP contribution in [-0.4, -0.2) is 29.6 Å². The third-order valence-corrected chi connectivity index (χ3v) is 3.47. The van der Waals surface area contributed by atoms with Crippen LogP contribution in [0.5, 0.6) is 5.88 Å². The van der Waals surface area contributed by atoms with Crippen LogP contribution in [0.1, 0.15) is 44.9 Å². The lowest BCUT2D eigenvalue weighted by Gasteiger charge is -2.13. The number of ether oxygens (including phenoxy) is 1. The highest BCUT2D eigenvalue weighted by atomic mass is 127. The fourth-order valence-electron chi connectivity index (χ4n) is 2.04. The van der Waals surface area contributed by atoms with Gasteiger partial charge < -0.3 is 19.8 Å². The Morgan fingerprint density at radius 1 is 1.19 bits per heavy atom. The second-order valence-corrected chi connectivity index (χ2v) is 6.63. The normalized spacial score (nSPS) is 11.7. The fourth-order valence-corrected chi connectivity index (χ4v) is 2.04. The predicted octanol–water partition coefficient (Wildman–Crippen LogP) is 3.25. The SMILES string of the molecule is CCNC(=NCc1ccc(OC)nc1)NCc1ncc(C(C)(C)C)o1.I. The average molecular weight is 473 g/mol. The van der Waals surface area contributed by atoms with Gasteiger partial charge in [-0.15, -0.1) is 24.0 Å². The molecule has 26 heavy (non-hydrogen) atoms. The Bertz CT molecular complexity index is 692. The van der Waals surface area contributed by atoms with Crippen molar-refractivity contribution in [3.8, 4) is 5.88 Å². The number of pyridine rings is 1. The quantitative estimate of drug-likeness (QED) is 0.381. The number of methoxy groups -OCH3 is 1. The van der Waals surface area contributed by atoms with E-state index in [4.69, 9.17) is 9.15 Å². The highest BCUT2D eigenvalue weighted by Crippen LogP contribution is 2.22. The Balaban J connectivity index is 0.00000338. The number of oxazole rings is 1. The fraction of sp³-hybridized carbons (Fsp3) is 0.500. The number of halogens is 1. The van der Waals surface area contributed by atoms with E-state index in [1.54, 1.807) is 19.5 Å². The highest BCUT2D eigenvalue weighted by molar-refractivity contribution is 14.0. The lowest BCUT2D eigenvalue weighted by Crippen LogP contribution is -2.36. The molecule has 0 saturated carbocycles. The van der Waals surface area contributed by atoms with Crippen molar-refractivity contribution in [3.63, 3.8) is 0 Å². The van der Waals surface area contributed by atoms with Gasteiger partial charge in [0.1, 0.15) is 5.76 Å². The zero-order valence-corrected chi connectivity index (χ0v) is 18.3. The van der Waals surface area contributed by atoms with E-state index >= 15 is 0 Å². The van der Waals surface area contributed by atoms with Gasteiger partial charge in [0.2, 0.25) is 11.8 Å². The summed E-state index contributed by atoms with van der Waals surface area (Å²) in [5, 5.41) is 6.44. The number of aliphatic imine (C=N–C) groups is 1. The second kappa shape index (κ2) is 10.3. The first kappa shape index (κ1) is 22.2. The molecule has 144 valence electrons. The molecule has 0 aliphatic carbocycles. The molecule has 2 aromatic heterocycles. The molecule has 0 fully saturated rings. The van der Waals surface area contributed by atoms with Crippen molar-refractivity contribution in [1.82, 2.24) is 20.6 Å². The number of hydrogen-bond acceptors (Lipinski definition) is 5. The van der Waals surface area contributed by atoms with Crippen molar-refractivity contribution in [1.29, 1.82) is 0 Å². The van der Waals surface area contributed by atoms with Crippen LogP contribution >= 0.6 is 24.0 Å². The monoisotopic (exact) mass is 473 g/mol. The number of aromatic nitrogens is 2. The smallest absolute Gasteiger partial charge is 0.213 e. The minimum Gasteiger partial charge on any atom is -0.481 e. The molecule has 0 aromatic carbocycles. The molecule has 0 saturated heterocycles. The summed E-state index contributed by atoms with van der Waals surface area (Å²) in [5.74, 6) is 2.81. The van der Waals surface area contributed by atoms with Crippen LogP contribution in [0.15, 0.2) is 33.9 Å². The molecule has 2 aromatic rings. The van der Waals surface area contributed by atoms with E-state index < -0.39 is 0 Å². The molecule has 0 bridgehead atoms. The van der Waals surface area contributed by atoms with Crippen LogP contribution in [0.25, 0.3) is 0 Å². The number of nitrogens with zero attached hydrogens (tertiary/aromatic N) is 3. The van der Waals surface area contributed by atoms with Gasteiger partial charge in [-0.25, -0.2) is 15.0 Å². The van der Waals surface area contributed by atoms with Gasteiger partial charge in [-0.2, -0.15) is 0 Å². The molecule has 0 aliphatic rings. The summed E-state index contributed by atoms with van der Waals surface area (Å²) in [4.78, 5) is 13.1. The van der Waals surface area contributed by atoms with Crippen LogP contribution < -0.4 is 15.4 Å². The predicted molar refractivity (Wildman–Crippen MR) is 113 cm³/mol. The van der Waals surface area contributed by atoms with E-state index in [1.165, 1.54) is 0 Å². The second-order valence-electron chi connectivity index (χ2n) is 6.63. The van der Waals surface area contributed by atoms with Gasteiger partial charge in [0, 0.05) is 24.2 Å². The minimum absolute atomic E-state index is 0. The van der Waals surface area contributed by atoms with E-state index in [0.717, 1.165) is 17.9 Å². The summed E-state index contributed by atoms with van der Waals surface area (Å²) < 4.78 is 10.8. The largest absolute Gasteiger partial charge is 0.481 e. The van der Waals surface area contributed by atoms with Crippen molar-refractivity contribution in [2.75, 3.05) is 13.7 Å². The number of guanidine groups is 1. The van der Waals surface area contributed by atoms with Gasteiger partial charge in [0.05, 0.1) is 26.4 Å². The Labute approximate surface area is 172 Å². The van der Waals surface area contributed by atoms with Crippen LogP contribution in [0, 0.1) is 0 Å². The van der Waals surface area contributed by atoms with Gasteiger partial charge >= 0.3 is 0 Å². The summed E-state index contributed by atoms with van der Waals surface area (Å²) in [6.45, 7) is 10.1. The Hall–Kier alpha value is -1.84. The first-order valence-corrected chi connectivity index (χ1v) is 8.38. The van der Waals surface area contributed by atoms with E-state index in [-0.39, 0.29) is 29.4 Å². The molecular formula is C18H28IN5O2. The van der Waals surface area contributed by atoms with E-state index in [1.807, 2.05) is 19.1 Å². The molecule has 0 amide bonds. The zero-order valence-electron chi connectivity index (χ0n) is 16.0. The van der Waals surface area contributed by atoms with Crippen molar-refractivity contribution in [2.24, 2.45) is 4.99 Å². The molecule has 2 rings (SSSR count). The van der Waals surface area contributed by atoms with Crippen LogP contribution in [0.2, 0.25) is 0 Å². The van der Waals surface area contributed by atoms with Gasteiger partial charge in [0.15, 0.2) is 5.96 Å². The highest BCUT2D eigenvalue weighted by Gasteiger charge is 2.19. The van der Waals surface area contributed by atoms with Crippen LogP contribution in [-0.2, 0) is 18.5 Å². The number of nitrogens with one attached hydrogen (secondary N) is 2. The lowest BCUT2D eigenvalue weighted by atomic mass is 9.94. The standard InChI is InChI=1S/C18H27N5O2.HI/c1-6-19-17(22-10-13-7-8-15(24-5)20-9-13)23-12-16-21-11-14(25-16)18(2,3)4;/h7-9,11H,6,10,12H2,1-5H3,(H2,19,22,23);1H. The minimum atomic E-state index is -0.0504. The number of rotatable bonds is 6. The van der Waals surface area contributed by atoms with Crippen LogP contribution in [0.3, 0.4) is 0 Å². The third kappa shape index (κ3) is 6.81. The number of hydrogen-bond donors (Lipinski definition) is 2. The Kier molecular flexibility index (Phi) is 8.83. The molecule has 0 aliphatic heterocycles. The van der Waals surface area contributed by atoms with E-state index in [0.29, 0.717) is 30.8 Å². The molecule has 2 heterocycles. The van der Waals surface area contributed by atoms with Gasteiger partial charge in [-0.1, -0.05) is 26.8 Å². The summed E-state index contributed by atoms with van der Waals surface area (Å²) >= 11 is 0. The first-order chi connectivity index (χ1) is 11.9. The molecule has 0 atom stereocenters. The molecule has 0 spiro atoms. The maximum Gasteiger partial charge on any atom is 0.213 e. The molecule has 0 radical (unpaired) electrons. The summed E-state index contributed by atoms with van der Waals surface area (Å²) in [6, 6.07) is 3.77. The lowest BCUT2D eigenvalue weighted by molar-refractivity contribution is 0.379. The maximum absolute atomic E-state index is 5.78. The van der Waals surface area contributed by atoms with Crippen molar-refractivity contribution in [3.05, 3.63) is 41.7 Å². The topological polar surface area (TPSA) is 84.6 Å². The van der Waals surface area contributed by atoms with Crippen molar-refractivity contribution >= 4 is 29.9 Å². The first-order valence-electron chi connectivity index (χ1n) is 8.38. The van der Waals surface area contributed by atoms with Crippen molar-refractivity contribution in [2.45, 2.75) is 46.2 Å². The summed E-state index contributed by atoms with van der Waals surface area (Å²) in [6.07, 6.45) is 3.54. The average Bonchev–Trinajstić information content (AvgIpc) is 3.07. The van der Waals surface area contributed by atoms with Gasteiger partial charge in [-0.3, -0.25) is 0 Å². The van der Waals surface area contributed by atoms with Gasteiger partial charge in [0.25, 0.3) is 0 Å². The Morgan fingerprint density at radius 2 is 1.96 bits per heavy atom. The Morgan fingerprint density at radius 3 is 2.50 bits per heavy atom. The molecule has 2 N–H and O–H groups in total. The third-order valence-electron chi connectivity index (χ3n) is 3.47. The molecular weight excluding hydrogens is 445 g/mol. The van der Waals surface area contributed by atoms with Gasteiger partial charge in [-0.05, 0) is 12.5 Å². The molecule has 7 nitrogen and oxygen atoms in total. The summed E-state index contributed by atoms with van der Waals surface area (Å²) in [7, 11) is 1.60. The van der Waals surface area contributed by atoms with Crippen molar-refractivity contribution < 1.29 is 9.15 Å². The molecule has 0 unspecified atom stereocenters. The molecule has 8 heteroatoms. The van der Waals surface area contributed by atoms with Crippen LogP contribution in [0.4, 0.5) is 0 Å². The van der Waals surface area contributed by atoms with E-state index in [9.17, 15) is 0 Å². The zero-order chi connectivity index (χ0) is 18.3.